The third kappa shape index (κ3) is 1.85. The second-order valence-electron chi connectivity index (χ2n) is 6.18. The molecule has 2 saturated carbocycles. The van der Waals surface area contributed by atoms with Gasteiger partial charge in [0.25, 0.3) is 0 Å². The minimum atomic E-state index is -0.153. The zero-order chi connectivity index (χ0) is 12.8. The minimum Gasteiger partial charge on any atom is -0.256 e. The molecule has 2 unspecified atom stereocenters. The third-order valence-electron chi connectivity index (χ3n) is 5.17. The Labute approximate surface area is 112 Å². The summed E-state index contributed by atoms with van der Waals surface area (Å²) in [5.41, 5.74) is 2.25. The van der Waals surface area contributed by atoms with Crippen molar-refractivity contribution >= 4 is 10.9 Å². The van der Waals surface area contributed by atoms with Crippen LogP contribution in [0, 0.1) is 17.7 Å². The van der Waals surface area contributed by atoms with E-state index in [0.717, 1.165) is 22.7 Å². The van der Waals surface area contributed by atoms with E-state index in [-0.39, 0.29) is 5.82 Å². The third-order valence-corrected chi connectivity index (χ3v) is 5.17. The lowest BCUT2D eigenvalue weighted by molar-refractivity contribution is 0.457. The lowest BCUT2D eigenvalue weighted by Crippen LogP contribution is -1.97. The Kier molecular flexibility index (Phi) is 2.57. The first kappa shape index (κ1) is 11.4. The number of hydrogen-bond acceptors (Lipinski definition) is 1. The smallest absolute Gasteiger partial charge is 0.123 e. The Morgan fingerprint density at radius 2 is 1.84 bits per heavy atom. The molecule has 98 valence electrons. The highest BCUT2D eigenvalue weighted by atomic mass is 19.1. The Balaban J connectivity index is 1.77. The summed E-state index contributed by atoms with van der Waals surface area (Å²) < 4.78 is 13.5. The largest absolute Gasteiger partial charge is 0.256 e. The molecule has 4 rings (SSSR count). The van der Waals surface area contributed by atoms with Crippen molar-refractivity contribution in [3.63, 3.8) is 0 Å². The van der Waals surface area contributed by atoms with Crippen molar-refractivity contribution < 1.29 is 4.39 Å². The molecule has 2 atom stereocenters. The number of nitrogens with zero attached hydrogens (tertiary/aromatic N) is 1. The molecular formula is C17H18FN. The molecule has 2 heteroatoms. The summed E-state index contributed by atoms with van der Waals surface area (Å²) in [6, 6.07) is 7.06. The number of halogens is 1. The predicted molar refractivity (Wildman–Crippen MR) is 74.5 cm³/mol. The highest BCUT2D eigenvalue weighted by Crippen LogP contribution is 2.51. The van der Waals surface area contributed by atoms with Crippen LogP contribution in [0.25, 0.3) is 10.9 Å². The van der Waals surface area contributed by atoms with E-state index in [0.29, 0.717) is 5.92 Å². The molecule has 1 aromatic heterocycles. The van der Waals surface area contributed by atoms with E-state index in [1.807, 2.05) is 6.20 Å². The van der Waals surface area contributed by atoms with Crippen molar-refractivity contribution in [1.82, 2.24) is 4.98 Å². The standard InChI is InChI=1S/C17H18FN/c18-14-4-5-17-16(10-14)15(6-7-19-17)13-8-11-2-1-3-12(11)9-13/h4-7,10-13H,1-3,8-9H2. The van der Waals surface area contributed by atoms with Crippen LogP contribution >= 0.6 is 0 Å². The first-order valence-corrected chi connectivity index (χ1v) is 7.35. The van der Waals surface area contributed by atoms with Gasteiger partial charge in [-0.3, -0.25) is 4.98 Å². The van der Waals surface area contributed by atoms with Crippen LogP contribution in [0.5, 0.6) is 0 Å². The molecule has 0 spiro atoms. The van der Waals surface area contributed by atoms with Gasteiger partial charge in [-0.05, 0) is 60.4 Å². The number of pyridine rings is 1. The summed E-state index contributed by atoms with van der Waals surface area (Å²) in [6.07, 6.45) is 8.68. The average molecular weight is 255 g/mol. The predicted octanol–water partition coefficient (Wildman–Crippen LogP) is 4.67. The monoisotopic (exact) mass is 255 g/mol. The molecule has 1 heterocycles. The van der Waals surface area contributed by atoms with Gasteiger partial charge in [-0.2, -0.15) is 0 Å². The van der Waals surface area contributed by atoms with E-state index in [1.54, 1.807) is 12.1 Å². The first-order valence-electron chi connectivity index (χ1n) is 7.35. The number of hydrogen-bond donors (Lipinski definition) is 0. The highest BCUT2D eigenvalue weighted by molar-refractivity contribution is 5.82. The molecule has 2 aliphatic rings. The molecule has 19 heavy (non-hydrogen) atoms. The Hall–Kier alpha value is -1.44. The molecule has 2 aromatic rings. The second kappa shape index (κ2) is 4.29. The SMILES string of the molecule is Fc1ccc2nccc(C3CC4CCCC4C3)c2c1. The fourth-order valence-corrected chi connectivity index (χ4v) is 4.31. The van der Waals surface area contributed by atoms with E-state index in [4.69, 9.17) is 0 Å². The van der Waals surface area contributed by atoms with Gasteiger partial charge >= 0.3 is 0 Å². The minimum absolute atomic E-state index is 0.153. The topological polar surface area (TPSA) is 12.9 Å². The van der Waals surface area contributed by atoms with Crippen molar-refractivity contribution in [3.8, 4) is 0 Å². The molecule has 0 N–H and O–H groups in total. The van der Waals surface area contributed by atoms with Crippen LogP contribution in [0.2, 0.25) is 0 Å². The number of rotatable bonds is 1. The zero-order valence-corrected chi connectivity index (χ0v) is 11.0. The molecule has 2 fully saturated rings. The second-order valence-corrected chi connectivity index (χ2v) is 6.18. The van der Waals surface area contributed by atoms with Gasteiger partial charge in [0, 0.05) is 11.6 Å². The van der Waals surface area contributed by atoms with E-state index < -0.39 is 0 Å². The molecule has 1 aromatic carbocycles. The quantitative estimate of drug-likeness (QED) is 0.721. The maximum atomic E-state index is 13.5. The molecule has 2 aliphatic carbocycles. The van der Waals surface area contributed by atoms with Gasteiger partial charge < -0.3 is 0 Å². The molecule has 0 saturated heterocycles. The molecular weight excluding hydrogens is 237 g/mol. The Morgan fingerprint density at radius 1 is 1.05 bits per heavy atom. The normalized spacial score (nSPS) is 29.8. The van der Waals surface area contributed by atoms with E-state index >= 15 is 0 Å². The van der Waals surface area contributed by atoms with Crippen LogP contribution in [0.15, 0.2) is 30.5 Å². The van der Waals surface area contributed by atoms with Gasteiger partial charge in [-0.25, -0.2) is 4.39 Å². The summed E-state index contributed by atoms with van der Waals surface area (Å²) in [5, 5.41) is 1.02. The Bertz CT molecular complexity index is 610. The first-order chi connectivity index (χ1) is 9.31. The van der Waals surface area contributed by atoms with Crippen molar-refractivity contribution in [2.75, 3.05) is 0 Å². The van der Waals surface area contributed by atoms with E-state index in [9.17, 15) is 4.39 Å². The Morgan fingerprint density at radius 3 is 2.63 bits per heavy atom. The van der Waals surface area contributed by atoms with Crippen molar-refractivity contribution in [3.05, 3.63) is 41.8 Å². The highest BCUT2D eigenvalue weighted by Gasteiger charge is 2.38. The molecule has 0 bridgehead atoms. The van der Waals surface area contributed by atoms with Gasteiger partial charge in [0.05, 0.1) is 5.52 Å². The maximum absolute atomic E-state index is 13.5. The van der Waals surface area contributed by atoms with Gasteiger partial charge in [-0.1, -0.05) is 19.3 Å². The van der Waals surface area contributed by atoms with Crippen LogP contribution in [-0.2, 0) is 0 Å². The van der Waals surface area contributed by atoms with Crippen LogP contribution in [0.4, 0.5) is 4.39 Å². The van der Waals surface area contributed by atoms with Crippen LogP contribution < -0.4 is 0 Å². The van der Waals surface area contributed by atoms with E-state index in [1.165, 1.54) is 43.7 Å². The molecule has 0 aliphatic heterocycles. The van der Waals surface area contributed by atoms with Gasteiger partial charge in [0.15, 0.2) is 0 Å². The molecule has 0 amide bonds. The lowest BCUT2D eigenvalue weighted by atomic mass is 9.92. The maximum Gasteiger partial charge on any atom is 0.123 e. The van der Waals surface area contributed by atoms with Gasteiger partial charge in [0.1, 0.15) is 5.82 Å². The van der Waals surface area contributed by atoms with Gasteiger partial charge in [-0.15, -0.1) is 0 Å². The van der Waals surface area contributed by atoms with Crippen LogP contribution in [0.1, 0.15) is 43.6 Å². The number of benzene rings is 1. The zero-order valence-electron chi connectivity index (χ0n) is 11.0. The molecule has 1 nitrogen and oxygen atoms in total. The number of fused-ring (bicyclic) bond motifs is 2. The van der Waals surface area contributed by atoms with Gasteiger partial charge in [0.2, 0.25) is 0 Å². The van der Waals surface area contributed by atoms with E-state index in [2.05, 4.69) is 11.1 Å². The fourth-order valence-electron chi connectivity index (χ4n) is 4.31. The van der Waals surface area contributed by atoms with Crippen LogP contribution in [-0.4, -0.2) is 4.98 Å². The summed E-state index contributed by atoms with van der Waals surface area (Å²) in [4.78, 5) is 4.36. The summed E-state index contributed by atoms with van der Waals surface area (Å²) in [6.45, 7) is 0. The summed E-state index contributed by atoms with van der Waals surface area (Å²) in [5.74, 6) is 2.30. The average Bonchev–Trinajstić information content (AvgIpc) is 2.98. The molecule has 0 radical (unpaired) electrons. The van der Waals surface area contributed by atoms with Crippen molar-refractivity contribution in [2.24, 2.45) is 11.8 Å². The summed E-state index contributed by atoms with van der Waals surface area (Å²) >= 11 is 0. The fraction of sp³-hybridized carbons (Fsp3) is 0.471. The lowest BCUT2D eigenvalue weighted by Gasteiger charge is -2.14. The van der Waals surface area contributed by atoms with Crippen molar-refractivity contribution in [1.29, 1.82) is 0 Å². The summed E-state index contributed by atoms with van der Waals surface area (Å²) in [7, 11) is 0. The van der Waals surface area contributed by atoms with Crippen molar-refractivity contribution in [2.45, 2.75) is 38.0 Å². The number of aromatic nitrogens is 1. The van der Waals surface area contributed by atoms with Crippen LogP contribution in [0.3, 0.4) is 0 Å².